The zero-order valence-electron chi connectivity index (χ0n) is 17.0. The van der Waals surface area contributed by atoms with Crippen molar-refractivity contribution in [1.29, 1.82) is 0 Å². The van der Waals surface area contributed by atoms with E-state index >= 15 is 0 Å². The van der Waals surface area contributed by atoms with Crippen LogP contribution in [0.15, 0.2) is 59.8 Å². The van der Waals surface area contributed by atoms with Gasteiger partial charge in [0.1, 0.15) is 0 Å². The molecule has 1 fully saturated rings. The lowest BCUT2D eigenvalue weighted by molar-refractivity contribution is -0.116. The summed E-state index contributed by atoms with van der Waals surface area (Å²) < 4.78 is 7.42. The summed E-state index contributed by atoms with van der Waals surface area (Å²) in [6, 6.07) is 18.0. The van der Waals surface area contributed by atoms with Gasteiger partial charge in [-0.05, 0) is 53.5 Å². The fraction of sp³-hybridized carbons (Fsp3) is 0.364. The Morgan fingerprint density at radius 2 is 2.10 bits per heavy atom. The highest BCUT2D eigenvalue weighted by molar-refractivity contribution is 7.99. The minimum atomic E-state index is 0.0149. The molecule has 2 heterocycles. The van der Waals surface area contributed by atoms with E-state index in [0.29, 0.717) is 18.2 Å². The number of hydrogen-bond donors (Lipinski definition) is 0. The van der Waals surface area contributed by atoms with Crippen molar-refractivity contribution < 1.29 is 9.53 Å². The number of anilines is 1. The highest BCUT2D eigenvalue weighted by Gasteiger charge is 2.21. The van der Waals surface area contributed by atoms with Gasteiger partial charge < -0.3 is 9.64 Å². The van der Waals surface area contributed by atoms with Gasteiger partial charge in [0.05, 0.1) is 24.9 Å². The normalized spacial score (nSPS) is 16.0. The minimum Gasteiger partial charge on any atom is -0.376 e. The molecular formula is C22H25N5O2S. The van der Waals surface area contributed by atoms with Crippen LogP contribution in [-0.4, -0.2) is 44.6 Å². The van der Waals surface area contributed by atoms with Crippen LogP contribution in [0, 0.1) is 6.92 Å². The van der Waals surface area contributed by atoms with Gasteiger partial charge in [0.2, 0.25) is 11.1 Å². The molecule has 1 amide bonds. The summed E-state index contributed by atoms with van der Waals surface area (Å²) in [5, 5.41) is 12.6. The SMILES string of the molecule is Cc1cccc(N(Cc2ccccc2)C(=O)CSc2nnnn2CC2CCCO2)c1. The standard InChI is InChI=1S/C22H25N5O2S/c1-17-7-5-10-19(13-17)26(14-18-8-3-2-4-9-18)21(28)16-30-22-23-24-25-27(22)15-20-11-6-12-29-20/h2-5,7-10,13,20H,6,11-12,14-16H2,1H3. The third-order valence-electron chi connectivity index (χ3n) is 5.02. The number of tetrazole rings is 1. The van der Waals surface area contributed by atoms with Crippen LogP contribution in [-0.2, 0) is 22.6 Å². The van der Waals surface area contributed by atoms with Crippen LogP contribution in [0.1, 0.15) is 24.0 Å². The molecule has 3 aromatic rings. The fourth-order valence-electron chi connectivity index (χ4n) is 3.49. The van der Waals surface area contributed by atoms with Gasteiger partial charge in [-0.15, -0.1) is 5.10 Å². The summed E-state index contributed by atoms with van der Waals surface area (Å²) in [4.78, 5) is 15.0. The number of nitrogens with zero attached hydrogens (tertiary/aromatic N) is 5. The van der Waals surface area contributed by atoms with E-state index in [4.69, 9.17) is 4.74 Å². The van der Waals surface area contributed by atoms with Crippen LogP contribution in [0.25, 0.3) is 0 Å². The van der Waals surface area contributed by atoms with Crippen molar-refractivity contribution in [2.24, 2.45) is 0 Å². The topological polar surface area (TPSA) is 73.1 Å². The lowest BCUT2D eigenvalue weighted by Gasteiger charge is -2.23. The van der Waals surface area contributed by atoms with Gasteiger partial charge in [0.15, 0.2) is 0 Å². The predicted molar refractivity (Wildman–Crippen MR) is 116 cm³/mol. The van der Waals surface area contributed by atoms with Crippen molar-refractivity contribution in [3.8, 4) is 0 Å². The van der Waals surface area contributed by atoms with E-state index in [-0.39, 0.29) is 17.8 Å². The summed E-state index contributed by atoms with van der Waals surface area (Å²) in [7, 11) is 0. The van der Waals surface area contributed by atoms with Gasteiger partial charge in [0.25, 0.3) is 0 Å². The zero-order valence-corrected chi connectivity index (χ0v) is 17.8. The molecule has 8 heteroatoms. The highest BCUT2D eigenvalue weighted by Crippen LogP contribution is 2.23. The summed E-state index contributed by atoms with van der Waals surface area (Å²) >= 11 is 1.36. The molecule has 2 aromatic carbocycles. The van der Waals surface area contributed by atoms with Crippen molar-refractivity contribution in [3.05, 3.63) is 65.7 Å². The Morgan fingerprint density at radius 1 is 1.23 bits per heavy atom. The first-order valence-corrected chi connectivity index (χ1v) is 11.1. The number of aryl methyl sites for hydroxylation is 1. The number of carbonyl (C=O) groups excluding carboxylic acids is 1. The van der Waals surface area contributed by atoms with Crippen molar-refractivity contribution >= 4 is 23.4 Å². The predicted octanol–water partition coefficient (Wildman–Crippen LogP) is 3.49. The number of aromatic nitrogens is 4. The van der Waals surface area contributed by atoms with E-state index in [1.165, 1.54) is 11.8 Å². The zero-order chi connectivity index (χ0) is 20.8. The van der Waals surface area contributed by atoms with Crippen LogP contribution < -0.4 is 4.90 Å². The maximum atomic E-state index is 13.2. The molecule has 0 bridgehead atoms. The maximum Gasteiger partial charge on any atom is 0.237 e. The monoisotopic (exact) mass is 423 g/mol. The number of benzene rings is 2. The van der Waals surface area contributed by atoms with E-state index in [1.54, 1.807) is 4.68 Å². The molecule has 0 aliphatic carbocycles. The Kier molecular flexibility index (Phi) is 6.76. The van der Waals surface area contributed by atoms with E-state index in [1.807, 2.05) is 66.4 Å². The van der Waals surface area contributed by atoms with E-state index in [9.17, 15) is 4.79 Å². The van der Waals surface area contributed by atoms with Crippen LogP contribution in [0.4, 0.5) is 5.69 Å². The second kappa shape index (κ2) is 9.86. The van der Waals surface area contributed by atoms with Crippen LogP contribution in [0.3, 0.4) is 0 Å². The van der Waals surface area contributed by atoms with Gasteiger partial charge in [-0.2, -0.15) is 0 Å². The molecule has 1 aromatic heterocycles. The van der Waals surface area contributed by atoms with Gasteiger partial charge in [-0.1, -0.05) is 54.2 Å². The molecule has 0 spiro atoms. The lowest BCUT2D eigenvalue weighted by Crippen LogP contribution is -2.32. The summed E-state index contributed by atoms with van der Waals surface area (Å²) in [5.74, 6) is 0.272. The third kappa shape index (κ3) is 5.25. The maximum absolute atomic E-state index is 13.2. The molecule has 0 radical (unpaired) electrons. The molecular weight excluding hydrogens is 398 g/mol. The first-order valence-electron chi connectivity index (χ1n) is 10.1. The molecule has 1 aliphatic rings. The third-order valence-corrected chi connectivity index (χ3v) is 5.96. The minimum absolute atomic E-state index is 0.0149. The number of carbonyl (C=O) groups is 1. The van der Waals surface area contributed by atoms with Crippen molar-refractivity contribution in [2.75, 3.05) is 17.3 Å². The Balaban J connectivity index is 1.46. The summed E-state index contributed by atoms with van der Waals surface area (Å²) in [6.45, 7) is 3.96. The Hall–Kier alpha value is -2.71. The molecule has 0 N–H and O–H groups in total. The highest BCUT2D eigenvalue weighted by atomic mass is 32.2. The largest absolute Gasteiger partial charge is 0.376 e. The van der Waals surface area contributed by atoms with Crippen LogP contribution in [0.5, 0.6) is 0 Å². The van der Waals surface area contributed by atoms with Gasteiger partial charge in [-0.25, -0.2) is 4.68 Å². The first-order chi connectivity index (χ1) is 14.7. The molecule has 30 heavy (non-hydrogen) atoms. The van der Waals surface area contributed by atoms with Crippen LogP contribution >= 0.6 is 11.8 Å². The Labute approximate surface area is 180 Å². The number of ether oxygens (including phenoxy) is 1. The molecule has 1 atom stereocenters. The molecule has 1 unspecified atom stereocenters. The molecule has 4 rings (SSSR count). The molecule has 1 aliphatic heterocycles. The summed E-state index contributed by atoms with van der Waals surface area (Å²) in [5.41, 5.74) is 3.09. The Morgan fingerprint density at radius 3 is 2.87 bits per heavy atom. The molecule has 0 saturated carbocycles. The average Bonchev–Trinajstić information content (AvgIpc) is 3.43. The number of hydrogen-bond acceptors (Lipinski definition) is 6. The van der Waals surface area contributed by atoms with Crippen molar-refractivity contribution in [1.82, 2.24) is 20.2 Å². The van der Waals surface area contributed by atoms with Crippen molar-refractivity contribution in [2.45, 2.75) is 44.1 Å². The fourth-order valence-corrected chi connectivity index (χ4v) is 4.25. The summed E-state index contributed by atoms with van der Waals surface area (Å²) in [6.07, 6.45) is 2.23. The van der Waals surface area contributed by atoms with E-state index in [0.717, 1.165) is 36.3 Å². The number of amides is 1. The van der Waals surface area contributed by atoms with Gasteiger partial charge >= 0.3 is 0 Å². The number of thioether (sulfide) groups is 1. The number of rotatable bonds is 8. The quantitative estimate of drug-likeness (QED) is 0.517. The van der Waals surface area contributed by atoms with Crippen LogP contribution in [0.2, 0.25) is 0 Å². The molecule has 7 nitrogen and oxygen atoms in total. The van der Waals surface area contributed by atoms with Crippen molar-refractivity contribution in [3.63, 3.8) is 0 Å². The second-order valence-corrected chi connectivity index (χ2v) is 8.31. The molecule has 1 saturated heterocycles. The smallest absolute Gasteiger partial charge is 0.237 e. The van der Waals surface area contributed by atoms with E-state index in [2.05, 4.69) is 15.5 Å². The first kappa shape index (κ1) is 20.6. The Bertz CT molecular complexity index is 972. The van der Waals surface area contributed by atoms with Gasteiger partial charge in [0, 0.05) is 12.3 Å². The average molecular weight is 424 g/mol. The van der Waals surface area contributed by atoms with Gasteiger partial charge in [-0.3, -0.25) is 4.79 Å². The molecule has 156 valence electrons. The van der Waals surface area contributed by atoms with E-state index < -0.39 is 0 Å². The lowest BCUT2D eigenvalue weighted by atomic mass is 10.1. The second-order valence-electron chi connectivity index (χ2n) is 7.37.